The molecule has 5 unspecified atom stereocenters. The van der Waals surface area contributed by atoms with Crippen LogP contribution in [0.5, 0.6) is 0 Å². The molecule has 1 aromatic rings. The maximum atomic E-state index is 12.4. The van der Waals surface area contributed by atoms with Crippen LogP contribution >= 0.6 is 0 Å². The summed E-state index contributed by atoms with van der Waals surface area (Å²) in [5.41, 5.74) is 5.62. The van der Waals surface area contributed by atoms with Crippen molar-refractivity contribution in [1.82, 2.24) is 5.32 Å². The summed E-state index contributed by atoms with van der Waals surface area (Å²) < 4.78 is 0. The van der Waals surface area contributed by atoms with Gasteiger partial charge in [-0.25, -0.2) is 0 Å². The fourth-order valence-corrected chi connectivity index (χ4v) is 3.90. The summed E-state index contributed by atoms with van der Waals surface area (Å²) in [4.78, 5) is 35.1. The Kier molecular flexibility index (Phi) is 3.40. The monoisotopic (exact) mass is 318 g/mol. The van der Waals surface area contributed by atoms with Crippen LogP contribution in [0.4, 0.5) is 0 Å². The number of hydrogen-bond donors (Lipinski definition) is 4. The zero-order valence-corrected chi connectivity index (χ0v) is 12.5. The molecular weight excluding hydrogens is 300 g/mol. The summed E-state index contributed by atoms with van der Waals surface area (Å²) >= 11 is 0. The van der Waals surface area contributed by atoms with Gasteiger partial charge in [-0.05, 0) is 30.9 Å². The molecule has 1 amide bonds. The van der Waals surface area contributed by atoms with Crippen molar-refractivity contribution in [3.05, 3.63) is 35.4 Å². The van der Waals surface area contributed by atoms with Crippen molar-refractivity contribution in [2.45, 2.75) is 24.9 Å². The largest absolute Gasteiger partial charge is 0.481 e. The van der Waals surface area contributed by atoms with Gasteiger partial charge in [0.2, 0.25) is 0 Å². The molecule has 7 nitrogen and oxygen atoms in total. The second-order valence-corrected chi connectivity index (χ2v) is 6.41. The first-order valence-electron chi connectivity index (χ1n) is 7.39. The van der Waals surface area contributed by atoms with E-state index in [4.69, 9.17) is 5.73 Å². The molecule has 2 fully saturated rings. The molecule has 0 radical (unpaired) electrons. The van der Waals surface area contributed by atoms with E-state index in [1.807, 2.05) is 6.07 Å². The first kappa shape index (κ1) is 15.5. The number of rotatable bonds is 4. The molecule has 122 valence electrons. The fraction of sp³-hybridized carbons (Fsp3) is 0.438. The molecule has 0 spiro atoms. The quantitative estimate of drug-likeness (QED) is 0.628. The average molecular weight is 318 g/mol. The van der Waals surface area contributed by atoms with Gasteiger partial charge >= 0.3 is 11.9 Å². The molecule has 0 bridgehead atoms. The lowest BCUT2D eigenvalue weighted by Gasteiger charge is -2.25. The first-order valence-corrected chi connectivity index (χ1v) is 7.39. The van der Waals surface area contributed by atoms with E-state index in [2.05, 4.69) is 5.32 Å². The number of amides is 1. The van der Waals surface area contributed by atoms with E-state index in [0.717, 1.165) is 5.56 Å². The molecule has 0 aromatic heterocycles. The number of carboxylic acid groups (broad SMARTS) is 2. The number of aliphatic carboxylic acids is 2. The molecule has 0 heterocycles. The summed E-state index contributed by atoms with van der Waals surface area (Å²) in [6.45, 7) is 1.80. The highest BCUT2D eigenvalue weighted by molar-refractivity contribution is 5.96. The van der Waals surface area contributed by atoms with Gasteiger partial charge in [-0.2, -0.15) is 0 Å². The smallest absolute Gasteiger partial charge is 0.324 e. The fourth-order valence-electron chi connectivity index (χ4n) is 3.90. The van der Waals surface area contributed by atoms with Crippen LogP contribution in [0.1, 0.15) is 22.3 Å². The van der Waals surface area contributed by atoms with Crippen LogP contribution in [-0.2, 0) is 9.59 Å². The minimum absolute atomic E-state index is 0.0407. The second kappa shape index (κ2) is 5.06. The third-order valence-corrected chi connectivity index (χ3v) is 5.08. The Balaban J connectivity index is 1.82. The number of nitrogens with two attached hydrogens (primary N) is 1. The SMILES string of the molecule is Cc1ccccc1C(=O)NC1CC(N)(C(=O)O)C2C(C(=O)O)C12. The highest BCUT2D eigenvalue weighted by Gasteiger charge is 2.74. The standard InChI is InChI=1S/C16H18N2O5/c1-7-4-2-3-5-8(7)13(19)18-9-6-16(17,15(22)23)12-10(9)11(12)14(20)21/h2-5,9-12H,6,17H2,1H3,(H,18,19)(H,20,21)(H,22,23). The van der Waals surface area contributed by atoms with Gasteiger partial charge < -0.3 is 21.3 Å². The van der Waals surface area contributed by atoms with Gasteiger partial charge in [0.25, 0.3) is 5.91 Å². The van der Waals surface area contributed by atoms with Crippen molar-refractivity contribution in [1.29, 1.82) is 0 Å². The Morgan fingerprint density at radius 1 is 1.26 bits per heavy atom. The van der Waals surface area contributed by atoms with Crippen LogP contribution in [0.3, 0.4) is 0 Å². The maximum Gasteiger partial charge on any atom is 0.324 e. The third kappa shape index (κ3) is 2.28. The Morgan fingerprint density at radius 3 is 2.48 bits per heavy atom. The van der Waals surface area contributed by atoms with Crippen LogP contribution in [0, 0.1) is 24.7 Å². The van der Waals surface area contributed by atoms with Gasteiger partial charge in [0.15, 0.2) is 0 Å². The summed E-state index contributed by atoms with van der Waals surface area (Å²) in [5, 5.41) is 21.4. The van der Waals surface area contributed by atoms with E-state index >= 15 is 0 Å². The maximum absolute atomic E-state index is 12.4. The average Bonchev–Trinajstić information content (AvgIpc) is 3.16. The summed E-state index contributed by atoms with van der Waals surface area (Å²) in [7, 11) is 0. The number of carbonyl (C=O) groups excluding carboxylic acids is 1. The lowest BCUT2D eigenvalue weighted by Crippen LogP contribution is -2.52. The first-order chi connectivity index (χ1) is 10.8. The van der Waals surface area contributed by atoms with Gasteiger partial charge in [0.05, 0.1) is 5.92 Å². The molecule has 3 rings (SSSR count). The van der Waals surface area contributed by atoms with Crippen LogP contribution in [0.25, 0.3) is 0 Å². The number of fused-ring (bicyclic) bond motifs is 1. The Morgan fingerprint density at radius 2 is 1.91 bits per heavy atom. The van der Waals surface area contributed by atoms with Gasteiger partial charge in [0.1, 0.15) is 5.54 Å². The minimum Gasteiger partial charge on any atom is -0.481 e. The van der Waals surface area contributed by atoms with E-state index in [1.54, 1.807) is 25.1 Å². The molecule has 2 aliphatic carbocycles. The Hall–Kier alpha value is -2.41. The van der Waals surface area contributed by atoms with Crippen LogP contribution in [0.2, 0.25) is 0 Å². The van der Waals surface area contributed by atoms with E-state index in [-0.39, 0.29) is 12.3 Å². The number of carboxylic acids is 2. The molecule has 1 aromatic carbocycles. The lowest BCUT2D eigenvalue weighted by atomic mass is 9.90. The molecule has 7 heteroatoms. The molecule has 23 heavy (non-hydrogen) atoms. The van der Waals surface area contributed by atoms with Crippen molar-refractivity contribution >= 4 is 17.8 Å². The summed E-state index contributed by atoms with van der Waals surface area (Å²) in [5.74, 6) is -4.50. The lowest BCUT2D eigenvalue weighted by molar-refractivity contribution is -0.145. The van der Waals surface area contributed by atoms with Gasteiger partial charge in [0, 0.05) is 17.5 Å². The topological polar surface area (TPSA) is 130 Å². The van der Waals surface area contributed by atoms with Gasteiger partial charge in [-0.1, -0.05) is 18.2 Å². The molecule has 0 saturated heterocycles. The van der Waals surface area contributed by atoms with Crippen molar-refractivity contribution in [2.24, 2.45) is 23.5 Å². The van der Waals surface area contributed by atoms with Crippen LogP contribution < -0.4 is 11.1 Å². The third-order valence-electron chi connectivity index (χ3n) is 5.08. The van der Waals surface area contributed by atoms with Gasteiger partial charge in [-0.15, -0.1) is 0 Å². The Bertz CT molecular complexity index is 703. The van der Waals surface area contributed by atoms with Crippen molar-refractivity contribution in [3.63, 3.8) is 0 Å². The van der Waals surface area contributed by atoms with E-state index in [1.165, 1.54) is 0 Å². The number of aryl methyl sites for hydroxylation is 1. The predicted molar refractivity (Wildman–Crippen MR) is 79.7 cm³/mol. The summed E-state index contributed by atoms with van der Waals surface area (Å²) in [6.07, 6.45) is 0.0407. The number of benzene rings is 1. The van der Waals surface area contributed by atoms with Crippen molar-refractivity contribution in [2.75, 3.05) is 0 Å². The highest BCUT2D eigenvalue weighted by Crippen LogP contribution is 2.61. The van der Waals surface area contributed by atoms with Crippen molar-refractivity contribution in [3.8, 4) is 0 Å². The van der Waals surface area contributed by atoms with Crippen LogP contribution in [-0.4, -0.2) is 39.6 Å². The molecular formula is C16H18N2O5. The van der Waals surface area contributed by atoms with E-state index in [0.29, 0.717) is 5.56 Å². The predicted octanol–water partition coefficient (Wildman–Crippen LogP) is 0.226. The zero-order chi connectivity index (χ0) is 16.9. The minimum atomic E-state index is -1.60. The zero-order valence-electron chi connectivity index (χ0n) is 12.5. The number of carbonyl (C=O) groups is 3. The molecule has 0 aliphatic heterocycles. The molecule has 5 N–H and O–H groups in total. The second-order valence-electron chi connectivity index (χ2n) is 6.41. The highest BCUT2D eigenvalue weighted by atomic mass is 16.4. The molecule has 2 aliphatic rings. The normalized spacial score (nSPS) is 34.5. The Labute approximate surface area is 132 Å². The van der Waals surface area contributed by atoms with Crippen LogP contribution in [0.15, 0.2) is 24.3 Å². The summed E-state index contributed by atoms with van der Waals surface area (Å²) in [6, 6.07) is 6.48. The number of hydrogen-bond acceptors (Lipinski definition) is 4. The van der Waals surface area contributed by atoms with Gasteiger partial charge in [-0.3, -0.25) is 14.4 Å². The number of nitrogens with one attached hydrogen (secondary N) is 1. The molecule has 2 saturated carbocycles. The molecule has 5 atom stereocenters. The van der Waals surface area contributed by atoms with E-state index in [9.17, 15) is 24.6 Å². The van der Waals surface area contributed by atoms with Crippen molar-refractivity contribution < 1.29 is 24.6 Å². The van der Waals surface area contributed by atoms with E-state index < -0.39 is 41.3 Å².